The zero-order chi connectivity index (χ0) is 20.7. The van der Waals surface area contributed by atoms with E-state index in [0.29, 0.717) is 24.0 Å². The lowest BCUT2D eigenvalue weighted by Crippen LogP contribution is -2.41. The molecule has 0 aromatic carbocycles. The maximum absolute atomic E-state index is 10.6. The van der Waals surface area contributed by atoms with Gasteiger partial charge in [0.2, 0.25) is 5.88 Å². The molecule has 0 spiro atoms. The summed E-state index contributed by atoms with van der Waals surface area (Å²) in [5.74, 6) is -3.12. The number of hydrogen-bond acceptors (Lipinski definition) is 8. The molecular formula is C18H24N4O6. The average Bonchev–Trinajstić information content (AvgIpc) is 2.69. The monoisotopic (exact) mass is 392 g/mol. The van der Waals surface area contributed by atoms with Crippen LogP contribution in [0.1, 0.15) is 24.5 Å². The Kier molecular flexibility index (Phi) is 7.61. The van der Waals surface area contributed by atoms with Crippen LogP contribution in [0.5, 0.6) is 5.88 Å². The Hall–Kier alpha value is -2.82. The van der Waals surface area contributed by atoms with E-state index in [4.69, 9.17) is 30.3 Å². The Morgan fingerprint density at radius 3 is 2.46 bits per heavy atom. The van der Waals surface area contributed by atoms with Gasteiger partial charge in [-0.2, -0.15) is 0 Å². The number of ether oxygens (including phenoxy) is 1. The van der Waals surface area contributed by atoms with Gasteiger partial charge in [-0.05, 0) is 38.1 Å². The molecule has 2 aromatic rings. The van der Waals surface area contributed by atoms with Crippen LogP contribution in [0.3, 0.4) is 0 Å². The molecule has 28 heavy (non-hydrogen) atoms. The molecule has 0 amide bonds. The van der Waals surface area contributed by atoms with Crippen LogP contribution in [0, 0.1) is 0 Å². The molecule has 0 radical (unpaired) electrons. The van der Waals surface area contributed by atoms with Crippen molar-refractivity contribution in [2.45, 2.75) is 25.0 Å². The summed E-state index contributed by atoms with van der Waals surface area (Å²) in [5.41, 5.74) is 8.17. The van der Waals surface area contributed by atoms with Crippen LogP contribution >= 0.6 is 0 Å². The van der Waals surface area contributed by atoms with E-state index in [2.05, 4.69) is 14.9 Å². The number of carbonyl (C=O) groups is 2. The fourth-order valence-electron chi connectivity index (χ4n) is 2.89. The number of carboxylic acids is 2. The number of methoxy groups -OCH3 is 1. The van der Waals surface area contributed by atoms with Crippen molar-refractivity contribution in [2.24, 2.45) is 5.73 Å². The lowest BCUT2D eigenvalue weighted by atomic mass is 10.0. The SMILES string of the molecule is COc1ccc2nccc([C@@H](O)CN3CCC(N)CC3)c2n1.O=C(O)C(=O)O. The van der Waals surface area contributed by atoms with Crippen molar-refractivity contribution in [1.29, 1.82) is 0 Å². The fourth-order valence-corrected chi connectivity index (χ4v) is 2.89. The Balaban J connectivity index is 0.000000409. The molecule has 1 saturated heterocycles. The van der Waals surface area contributed by atoms with Crippen LogP contribution in [-0.2, 0) is 9.59 Å². The molecule has 0 aliphatic carbocycles. The minimum atomic E-state index is -1.82. The summed E-state index contributed by atoms with van der Waals surface area (Å²) in [4.78, 5) is 29.2. The smallest absolute Gasteiger partial charge is 0.414 e. The maximum Gasteiger partial charge on any atom is 0.414 e. The van der Waals surface area contributed by atoms with Gasteiger partial charge in [0, 0.05) is 30.4 Å². The minimum absolute atomic E-state index is 0.293. The van der Waals surface area contributed by atoms with Gasteiger partial charge in [-0.3, -0.25) is 4.98 Å². The third kappa shape index (κ3) is 5.84. The van der Waals surface area contributed by atoms with Crippen LogP contribution in [-0.4, -0.2) is 74.9 Å². The predicted octanol–water partition coefficient (Wildman–Crippen LogP) is 0.251. The predicted molar refractivity (Wildman–Crippen MR) is 100.0 cm³/mol. The average molecular weight is 392 g/mol. The van der Waals surface area contributed by atoms with Crippen LogP contribution in [0.15, 0.2) is 24.4 Å². The molecule has 0 saturated carbocycles. The molecule has 0 unspecified atom stereocenters. The first kappa shape index (κ1) is 21.5. The van der Waals surface area contributed by atoms with E-state index in [0.717, 1.165) is 37.0 Å². The topological polar surface area (TPSA) is 159 Å². The normalized spacial score (nSPS) is 16.1. The number of aliphatic carboxylic acids is 2. The molecule has 1 aliphatic heterocycles. The molecule has 1 fully saturated rings. The first-order valence-corrected chi connectivity index (χ1v) is 8.73. The Labute approximate surface area is 161 Å². The maximum atomic E-state index is 10.6. The molecular weight excluding hydrogens is 368 g/mol. The number of likely N-dealkylation sites (tertiary alicyclic amines) is 1. The third-order valence-corrected chi connectivity index (χ3v) is 4.40. The number of β-amino-alcohol motifs (C(OH)–C–C–N with tert-alkyl or cyclic N) is 1. The Morgan fingerprint density at radius 1 is 1.25 bits per heavy atom. The molecule has 1 atom stereocenters. The van der Waals surface area contributed by atoms with E-state index in [-0.39, 0.29) is 0 Å². The molecule has 3 rings (SSSR count). The van der Waals surface area contributed by atoms with Crippen molar-refractivity contribution in [3.63, 3.8) is 0 Å². The minimum Gasteiger partial charge on any atom is -0.481 e. The number of rotatable bonds is 4. The van der Waals surface area contributed by atoms with Gasteiger partial charge in [-0.25, -0.2) is 14.6 Å². The van der Waals surface area contributed by atoms with Gasteiger partial charge in [-0.15, -0.1) is 0 Å². The first-order chi connectivity index (χ1) is 13.3. The standard InChI is InChI=1S/C16H22N4O2.C2H2O4/c1-22-15-3-2-13-16(19-15)12(4-7-18-13)14(21)10-20-8-5-11(17)6-9-20;3-1(4)2(5)6/h2-4,7,11,14,21H,5-6,8-10,17H2,1H3;(H,3,4)(H,5,6)/t14-;/m0./s1. The molecule has 5 N–H and O–H groups in total. The summed E-state index contributed by atoms with van der Waals surface area (Å²) in [6.45, 7) is 2.45. The number of pyridine rings is 2. The Morgan fingerprint density at radius 2 is 1.89 bits per heavy atom. The lowest BCUT2D eigenvalue weighted by molar-refractivity contribution is -0.159. The van der Waals surface area contributed by atoms with Crippen molar-refractivity contribution in [1.82, 2.24) is 14.9 Å². The van der Waals surface area contributed by atoms with Gasteiger partial charge >= 0.3 is 11.9 Å². The Bertz CT molecular complexity index is 811. The highest BCUT2D eigenvalue weighted by Crippen LogP contribution is 2.24. The highest BCUT2D eigenvalue weighted by molar-refractivity contribution is 6.27. The van der Waals surface area contributed by atoms with E-state index in [1.54, 1.807) is 19.4 Å². The largest absolute Gasteiger partial charge is 0.481 e. The molecule has 10 nitrogen and oxygen atoms in total. The zero-order valence-corrected chi connectivity index (χ0v) is 15.5. The van der Waals surface area contributed by atoms with Crippen molar-refractivity contribution in [3.8, 4) is 5.88 Å². The van der Waals surface area contributed by atoms with E-state index in [1.165, 1.54) is 0 Å². The van der Waals surface area contributed by atoms with E-state index < -0.39 is 18.0 Å². The number of fused-ring (bicyclic) bond motifs is 1. The van der Waals surface area contributed by atoms with Crippen LogP contribution in [0.4, 0.5) is 0 Å². The van der Waals surface area contributed by atoms with Crippen molar-refractivity contribution >= 4 is 23.0 Å². The van der Waals surface area contributed by atoms with Crippen LogP contribution < -0.4 is 10.5 Å². The van der Waals surface area contributed by atoms with E-state index in [9.17, 15) is 5.11 Å². The summed E-state index contributed by atoms with van der Waals surface area (Å²) in [7, 11) is 1.58. The number of piperidine rings is 1. The quantitative estimate of drug-likeness (QED) is 0.531. The highest BCUT2D eigenvalue weighted by atomic mass is 16.5. The molecule has 2 aromatic heterocycles. The highest BCUT2D eigenvalue weighted by Gasteiger charge is 2.21. The summed E-state index contributed by atoms with van der Waals surface area (Å²) >= 11 is 0. The van der Waals surface area contributed by atoms with Gasteiger partial charge in [-0.1, -0.05) is 0 Å². The van der Waals surface area contributed by atoms with Gasteiger partial charge < -0.3 is 30.7 Å². The number of aliphatic hydroxyl groups excluding tert-OH is 1. The van der Waals surface area contributed by atoms with E-state index >= 15 is 0 Å². The van der Waals surface area contributed by atoms with Gasteiger partial charge in [0.05, 0.1) is 24.2 Å². The van der Waals surface area contributed by atoms with Crippen molar-refractivity contribution in [3.05, 3.63) is 30.0 Å². The lowest BCUT2D eigenvalue weighted by Gasteiger charge is -2.31. The number of nitrogens with two attached hydrogens (primary N) is 1. The molecule has 0 bridgehead atoms. The summed E-state index contributed by atoms with van der Waals surface area (Å²) in [5, 5.41) is 25.4. The van der Waals surface area contributed by atoms with Gasteiger partial charge in [0.1, 0.15) is 0 Å². The van der Waals surface area contributed by atoms with Crippen LogP contribution in [0.2, 0.25) is 0 Å². The number of hydrogen-bond donors (Lipinski definition) is 4. The second-order valence-corrected chi connectivity index (χ2v) is 6.39. The van der Waals surface area contributed by atoms with Crippen molar-refractivity contribution in [2.75, 3.05) is 26.7 Å². The third-order valence-electron chi connectivity index (χ3n) is 4.40. The molecule has 152 valence electrons. The number of aromatic nitrogens is 2. The summed E-state index contributed by atoms with van der Waals surface area (Å²) < 4.78 is 5.17. The zero-order valence-electron chi connectivity index (χ0n) is 15.5. The van der Waals surface area contributed by atoms with Gasteiger partial charge in [0.15, 0.2) is 0 Å². The second kappa shape index (κ2) is 9.93. The summed E-state index contributed by atoms with van der Waals surface area (Å²) in [6.07, 6.45) is 3.08. The molecule has 10 heteroatoms. The second-order valence-electron chi connectivity index (χ2n) is 6.39. The van der Waals surface area contributed by atoms with Crippen LogP contribution in [0.25, 0.3) is 11.0 Å². The molecule has 1 aliphatic rings. The summed E-state index contributed by atoms with van der Waals surface area (Å²) in [6, 6.07) is 5.75. The first-order valence-electron chi connectivity index (χ1n) is 8.73. The number of aliphatic hydroxyl groups is 1. The number of carboxylic acid groups (broad SMARTS) is 2. The molecule has 3 heterocycles. The number of nitrogens with zero attached hydrogens (tertiary/aromatic N) is 3. The van der Waals surface area contributed by atoms with Crippen molar-refractivity contribution < 1.29 is 29.6 Å². The van der Waals surface area contributed by atoms with E-state index in [1.807, 2.05) is 12.1 Å². The van der Waals surface area contributed by atoms with Gasteiger partial charge in [0.25, 0.3) is 0 Å². The fraction of sp³-hybridized carbons (Fsp3) is 0.444.